The van der Waals surface area contributed by atoms with E-state index in [-0.39, 0.29) is 29.9 Å². The Morgan fingerprint density at radius 3 is 2.62 bits per heavy atom. The molecule has 2 aliphatic heterocycles. The van der Waals surface area contributed by atoms with Gasteiger partial charge in [-0.1, -0.05) is 36.5 Å². The number of ether oxygens (including phenoxy) is 1. The van der Waals surface area contributed by atoms with Crippen molar-refractivity contribution in [2.24, 2.45) is 0 Å². The van der Waals surface area contributed by atoms with Gasteiger partial charge in [0.05, 0.1) is 23.6 Å². The lowest BCUT2D eigenvalue weighted by atomic mass is 9.99. The lowest BCUT2D eigenvalue weighted by molar-refractivity contribution is -0.122. The van der Waals surface area contributed by atoms with Crippen LogP contribution in [0.4, 0.5) is 16.2 Å². The highest BCUT2D eigenvalue weighted by Crippen LogP contribution is 2.50. The van der Waals surface area contributed by atoms with Gasteiger partial charge < -0.3 is 20.7 Å². The van der Waals surface area contributed by atoms with Gasteiger partial charge in [-0.05, 0) is 49.6 Å². The van der Waals surface area contributed by atoms with E-state index in [0.29, 0.717) is 28.0 Å². The van der Waals surface area contributed by atoms with Crippen LogP contribution in [0.25, 0.3) is 0 Å². The second-order valence-corrected chi connectivity index (χ2v) is 10.6. The first kappa shape index (κ1) is 24.9. The van der Waals surface area contributed by atoms with Crippen LogP contribution in [-0.2, 0) is 9.59 Å². The molecule has 1 fully saturated rings. The number of nitrogens with one attached hydrogen (secondary N) is 3. The molecule has 6 rings (SSSR count). The van der Waals surface area contributed by atoms with Gasteiger partial charge in [0.2, 0.25) is 17.7 Å². The van der Waals surface area contributed by atoms with Gasteiger partial charge in [0.25, 0.3) is 0 Å². The van der Waals surface area contributed by atoms with Crippen LogP contribution in [0, 0.1) is 0 Å². The van der Waals surface area contributed by atoms with Crippen LogP contribution in [0.5, 0.6) is 11.6 Å². The van der Waals surface area contributed by atoms with Crippen molar-refractivity contribution in [1.29, 1.82) is 0 Å². The average Bonchev–Trinajstić information content (AvgIpc) is 3.54. The number of pyridine rings is 2. The van der Waals surface area contributed by atoms with Gasteiger partial charge in [0.15, 0.2) is 0 Å². The third-order valence-electron chi connectivity index (χ3n) is 7.07. The summed E-state index contributed by atoms with van der Waals surface area (Å²) in [7, 11) is 0. The fraction of sp³-hybridized carbons (Fsp3) is 0.250. The van der Waals surface area contributed by atoms with Gasteiger partial charge in [-0.2, -0.15) is 0 Å². The number of rotatable bonds is 7. The summed E-state index contributed by atoms with van der Waals surface area (Å²) in [5.74, 6) is 0.613. The first-order chi connectivity index (χ1) is 19.0. The highest BCUT2D eigenvalue weighted by Gasteiger charge is 2.47. The molecule has 0 bridgehead atoms. The van der Waals surface area contributed by atoms with Crippen molar-refractivity contribution in [3.63, 3.8) is 0 Å². The molecule has 11 heteroatoms. The molecule has 4 heterocycles. The molecular weight excluding hydrogens is 516 g/mol. The lowest BCUT2D eigenvalue weighted by Gasteiger charge is -2.34. The van der Waals surface area contributed by atoms with E-state index in [0.717, 1.165) is 24.8 Å². The predicted octanol–water partition coefficient (Wildman–Crippen LogP) is 3.99. The molecule has 10 nitrogen and oxygen atoms in total. The van der Waals surface area contributed by atoms with E-state index in [1.54, 1.807) is 30.6 Å². The van der Waals surface area contributed by atoms with Crippen LogP contribution < -0.4 is 25.6 Å². The number of urea groups is 1. The second kappa shape index (κ2) is 10.4. The zero-order valence-electron chi connectivity index (χ0n) is 20.9. The maximum atomic E-state index is 13.4. The van der Waals surface area contributed by atoms with Crippen LogP contribution in [0.2, 0.25) is 0 Å². The molecule has 1 aromatic carbocycles. The smallest absolute Gasteiger partial charge is 0.327 e. The van der Waals surface area contributed by atoms with E-state index in [4.69, 9.17) is 4.74 Å². The zero-order valence-corrected chi connectivity index (χ0v) is 21.7. The van der Waals surface area contributed by atoms with Crippen LogP contribution in [-0.4, -0.2) is 45.1 Å². The highest BCUT2D eigenvalue weighted by molar-refractivity contribution is 8.01. The minimum absolute atomic E-state index is 0.153. The Balaban J connectivity index is 1.21. The first-order valence-electron chi connectivity index (χ1n) is 12.7. The van der Waals surface area contributed by atoms with Crippen molar-refractivity contribution in [2.75, 3.05) is 4.90 Å². The van der Waals surface area contributed by atoms with Crippen molar-refractivity contribution in [1.82, 2.24) is 25.9 Å². The topological polar surface area (TPSA) is 126 Å². The first-order valence-corrected chi connectivity index (χ1v) is 13.6. The number of carbonyl (C=O) groups excluding carboxylic acids is 3. The fourth-order valence-corrected chi connectivity index (χ4v) is 6.50. The van der Waals surface area contributed by atoms with Crippen LogP contribution >= 0.6 is 11.8 Å². The number of aromatic nitrogens is 2. The number of nitrogens with zero attached hydrogens (tertiary/aromatic N) is 3. The number of amides is 4. The van der Waals surface area contributed by atoms with Gasteiger partial charge in [-0.15, -0.1) is 0 Å². The van der Waals surface area contributed by atoms with Crippen molar-refractivity contribution in [2.45, 2.75) is 47.7 Å². The summed E-state index contributed by atoms with van der Waals surface area (Å²) in [6, 6.07) is 13.3. The quantitative estimate of drug-likeness (QED) is 0.386. The largest absolute Gasteiger partial charge is 0.439 e. The molecule has 1 saturated carbocycles. The van der Waals surface area contributed by atoms with Gasteiger partial charge >= 0.3 is 6.03 Å². The van der Waals surface area contributed by atoms with Crippen LogP contribution in [0.3, 0.4) is 0 Å². The van der Waals surface area contributed by atoms with Crippen LogP contribution in [0.1, 0.15) is 30.9 Å². The molecule has 0 saturated heterocycles. The minimum atomic E-state index is -0.587. The minimum Gasteiger partial charge on any atom is -0.439 e. The summed E-state index contributed by atoms with van der Waals surface area (Å²) in [4.78, 5) is 49.1. The molecule has 0 radical (unpaired) electrons. The molecule has 4 amide bonds. The SMILES string of the molecule is C=CC(=O)N[C@@H]1CCC[C@H]1NC(=O)C1Sc2nccc3c2C1NC(=O)N3c1ccc(Oc2ccccc2)nc1. The number of hydrogen-bond acceptors (Lipinski definition) is 7. The second-order valence-electron chi connectivity index (χ2n) is 9.48. The average molecular weight is 543 g/mol. The Kier molecular flexibility index (Phi) is 6.65. The lowest BCUT2D eigenvalue weighted by Crippen LogP contribution is -2.53. The van der Waals surface area contributed by atoms with Crippen molar-refractivity contribution >= 4 is 41.0 Å². The predicted molar refractivity (Wildman–Crippen MR) is 146 cm³/mol. The Bertz CT molecular complexity index is 1430. The summed E-state index contributed by atoms with van der Waals surface area (Å²) in [6.45, 7) is 3.50. The van der Waals surface area contributed by atoms with Crippen molar-refractivity contribution < 1.29 is 19.1 Å². The number of anilines is 2. The Labute approximate surface area is 229 Å². The van der Waals surface area contributed by atoms with Crippen molar-refractivity contribution in [3.8, 4) is 11.6 Å². The summed E-state index contributed by atoms with van der Waals surface area (Å²) in [6.07, 6.45) is 6.90. The summed E-state index contributed by atoms with van der Waals surface area (Å²) in [5.41, 5.74) is 2.02. The molecule has 2 unspecified atom stereocenters. The Hall–Kier alpha value is -4.38. The van der Waals surface area contributed by atoms with E-state index < -0.39 is 11.3 Å². The number of hydrogen-bond donors (Lipinski definition) is 3. The molecule has 39 heavy (non-hydrogen) atoms. The van der Waals surface area contributed by atoms with E-state index in [1.807, 2.05) is 30.3 Å². The molecule has 2 aromatic heterocycles. The normalized spacial score (nSPS) is 23.0. The fourth-order valence-electron chi connectivity index (χ4n) is 5.27. The third kappa shape index (κ3) is 4.81. The van der Waals surface area contributed by atoms with E-state index >= 15 is 0 Å². The maximum absolute atomic E-state index is 13.4. The van der Waals surface area contributed by atoms with Crippen LogP contribution in [0.15, 0.2) is 78.6 Å². The summed E-state index contributed by atoms with van der Waals surface area (Å²) < 4.78 is 5.78. The molecule has 198 valence electrons. The standard InChI is InChI=1S/C28H26N6O4S/c1-2-21(35)31-18-9-6-10-19(18)32-26(36)25-24-23-20(13-14-29-27(23)39-25)34(28(37)33-24)16-11-12-22(30-15-16)38-17-7-4-3-5-8-17/h2-5,7-8,11-15,18-19,24-25H,1,6,9-10H2,(H,31,35)(H,32,36)(H,33,37)/t18-,19-,24?,25?/m1/s1. The molecule has 4 atom stereocenters. The summed E-state index contributed by atoms with van der Waals surface area (Å²) in [5, 5.41) is 9.12. The number of carbonyl (C=O) groups is 3. The zero-order chi connectivity index (χ0) is 26.9. The molecular formula is C28H26N6O4S. The van der Waals surface area contributed by atoms with Gasteiger partial charge in [0, 0.05) is 29.9 Å². The molecule has 0 spiro atoms. The monoisotopic (exact) mass is 542 g/mol. The van der Waals surface area contributed by atoms with E-state index in [2.05, 4.69) is 32.5 Å². The maximum Gasteiger partial charge on any atom is 0.327 e. The summed E-state index contributed by atoms with van der Waals surface area (Å²) >= 11 is 1.33. The van der Waals surface area contributed by atoms with Crippen molar-refractivity contribution in [3.05, 3.63) is 79.1 Å². The van der Waals surface area contributed by atoms with Gasteiger partial charge in [0.1, 0.15) is 16.0 Å². The van der Waals surface area contributed by atoms with E-state index in [9.17, 15) is 14.4 Å². The molecule has 3 aromatic rings. The molecule has 1 aliphatic carbocycles. The Morgan fingerprint density at radius 1 is 1.08 bits per heavy atom. The number of benzene rings is 1. The van der Waals surface area contributed by atoms with Gasteiger partial charge in [-0.25, -0.2) is 14.8 Å². The van der Waals surface area contributed by atoms with Gasteiger partial charge in [-0.3, -0.25) is 14.5 Å². The molecule has 3 N–H and O–H groups in total. The van der Waals surface area contributed by atoms with E-state index in [1.165, 1.54) is 22.7 Å². The third-order valence-corrected chi connectivity index (χ3v) is 8.35. The Morgan fingerprint density at radius 2 is 1.87 bits per heavy atom. The molecule has 3 aliphatic rings. The number of para-hydroxylation sites is 1. The number of thioether (sulfide) groups is 1. The highest BCUT2D eigenvalue weighted by atomic mass is 32.2.